The molecule has 82 valence electrons. The molecule has 0 atom stereocenters. The van der Waals surface area contributed by atoms with E-state index in [-0.39, 0.29) is 5.56 Å². The van der Waals surface area contributed by atoms with E-state index in [1.54, 1.807) is 0 Å². The van der Waals surface area contributed by atoms with E-state index in [0.717, 1.165) is 0 Å². The van der Waals surface area contributed by atoms with Crippen LogP contribution in [0.5, 0.6) is 0 Å². The van der Waals surface area contributed by atoms with Gasteiger partial charge in [-0.3, -0.25) is 4.79 Å². The molecule has 7 heteroatoms. The Hall–Kier alpha value is -0.560. The van der Waals surface area contributed by atoms with Crippen LogP contribution in [0.1, 0.15) is 10.4 Å². The zero-order chi connectivity index (χ0) is 11.4. The van der Waals surface area contributed by atoms with Gasteiger partial charge < -0.3 is 5.32 Å². The number of aromatic nitrogens is 1. The van der Waals surface area contributed by atoms with E-state index in [4.69, 9.17) is 0 Å². The molecule has 0 aliphatic rings. The van der Waals surface area contributed by atoms with Crippen molar-refractivity contribution < 1.29 is 13.6 Å². The summed E-state index contributed by atoms with van der Waals surface area (Å²) in [5, 5.41) is 2.09. The molecular formula is C8H6Br2F2N2O. The van der Waals surface area contributed by atoms with Crippen LogP contribution in [0.25, 0.3) is 0 Å². The number of halogens is 4. The van der Waals surface area contributed by atoms with Crippen molar-refractivity contribution in [3.05, 3.63) is 26.9 Å². The van der Waals surface area contributed by atoms with Gasteiger partial charge in [-0.05, 0) is 44.0 Å². The van der Waals surface area contributed by atoms with Gasteiger partial charge in [0.1, 0.15) is 9.21 Å². The van der Waals surface area contributed by atoms with Crippen LogP contribution in [0.15, 0.2) is 21.3 Å². The lowest BCUT2D eigenvalue weighted by Crippen LogP contribution is -2.28. The molecule has 0 saturated heterocycles. The van der Waals surface area contributed by atoms with Crippen LogP contribution in [0.3, 0.4) is 0 Å². The maximum atomic E-state index is 11.8. The lowest BCUT2D eigenvalue weighted by atomic mass is 10.2. The lowest BCUT2D eigenvalue weighted by Gasteiger charge is -2.04. The fourth-order valence-corrected chi connectivity index (χ4v) is 1.98. The van der Waals surface area contributed by atoms with Gasteiger partial charge in [-0.15, -0.1) is 0 Å². The Balaban J connectivity index is 2.73. The fourth-order valence-electron chi connectivity index (χ4n) is 0.868. The van der Waals surface area contributed by atoms with Crippen LogP contribution in [-0.2, 0) is 0 Å². The SMILES string of the molecule is O=C(NCC(F)F)c1cc(Br)nc(Br)c1. The molecule has 15 heavy (non-hydrogen) atoms. The number of carbonyl (C=O) groups excluding carboxylic acids is 1. The standard InChI is InChI=1S/C8H6Br2F2N2O/c9-5-1-4(2-6(10)14-5)8(15)13-3-7(11)12/h1-2,7H,3H2,(H,13,15). The molecule has 1 aromatic heterocycles. The second-order valence-corrected chi connectivity index (χ2v) is 4.23. The maximum absolute atomic E-state index is 11.8. The smallest absolute Gasteiger partial charge is 0.255 e. The number of hydrogen-bond donors (Lipinski definition) is 1. The number of pyridine rings is 1. The van der Waals surface area contributed by atoms with E-state index >= 15 is 0 Å². The van der Waals surface area contributed by atoms with Crippen molar-refractivity contribution in [2.75, 3.05) is 6.54 Å². The number of amides is 1. The van der Waals surface area contributed by atoms with E-state index in [2.05, 4.69) is 42.2 Å². The largest absolute Gasteiger partial charge is 0.346 e. The number of hydrogen-bond acceptors (Lipinski definition) is 2. The summed E-state index contributed by atoms with van der Waals surface area (Å²) >= 11 is 6.18. The summed E-state index contributed by atoms with van der Waals surface area (Å²) in [5.74, 6) is -0.556. The number of carbonyl (C=O) groups is 1. The molecular weight excluding hydrogens is 338 g/mol. The van der Waals surface area contributed by atoms with Gasteiger partial charge in [-0.2, -0.15) is 0 Å². The average Bonchev–Trinajstić information content (AvgIpc) is 2.12. The average molecular weight is 344 g/mol. The van der Waals surface area contributed by atoms with Crippen molar-refractivity contribution in [1.82, 2.24) is 10.3 Å². The zero-order valence-corrected chi connectivity index (χ0v) is 10.5. The first kappa shape index (κ1) is 12.5. The van der Waals surface area contributed by atoms with Crippen LogP contribution < -0.4 is 5.32 Å². The van der Waals surface area contributed by atoms with Gasteiger partial charge in [0, 0.05) is 5.56 Å². The van der Waals surface area contributed by atoms with Crippen molar-refractivity contribution >= 4 is 37.8 Å². The van der Waals surface area contributed by atoms with Crippen molar-refractivity contribution in [3.8, 4) is 0 Å². The van der Waals surface area contributed by atoms with Crippen molar-refractivity contribution in [2.45, 2.75) is 6.43 Å². The number of nitrogens with zero attached hydrogens (tertiary/aromatic N) is 1. The third-order valence-corrected chi connectivity index (χ3v) is 2.25. The summed E-state index contributed by atoms with van der Waals surface area (Å²) < 4.78 is 24.6. The van der Waals surface area contributed by atoms with E-state index in [0.29, 0.717) is 9.21 Å². The quantitative estimate of drug-likeness (QED) is 0.857. The summed E-state index contributed by atoms with van der Waals surface area (Å²) in [6.45, 7) is -0.656. The van der Waals surface area contributed by atoms with Gasteiger partial charge in [0.25, 0.3) is 12.3 Å². The maximum Gasteiger partial charge on any atom is 0.255 e. The van der Waals surface area contributed by atoms with Gasteiger partial charge in [0.2, 0.25) is 0 Å². The van der Waals surface area contributed by atoms with Gasteiger partial charge in [-0.1, -0.05) is 0 Å². The van der Waals surface area contributed by atoms with Crippen LogP contribution in [0.2, 0.25) is 0 Å². The molecule has 0 radical (unpaired) electrons. The Labute approximate surface area is 102 Å². The van der Waals surface area contributed by atoms with Gasteiger partial charge in [0.05, 0.1) is 6.54 Å². The Bertz CT molecular complexity index is 353. The third-order valence-electron chi connectivity index (χ3n) is 1.44. The van der Waals surface area contributed by atoms with E-state index < -0.39 is 18.9 Å². The molecule has 3 nitrogen and oxygen atoms in total. The van der Waals surface area contributed by atoms with Crippen LogP contribution >= 0.6 is 31.9 Å². The lowest BCUT2D eigenvalue weighted by molar-refractivity contribution is 0.0891. The first-order valence-electron chi connectivity index (χ1n) is 3.88. The molecule has 0 bridgehead atoms. The van der Waals surface area contributed by atoms with E-state index in [1.807, 2.05) is 0 Å². The van der Waals surface area contributed by atoms with Crippen LogP contribution in [-0.4, -0.2) is 23.9 Å². The van der Waals surface area contributed by atoms with Crippen LogP contribution in [0.4, 0.5) is 8.78 Å². The third kappa shape index (κ3) is 4.21. The molecule has 0 fully saturated rings. The van der Waals surface area contributed by atoms with Gasteiger partial charge in [-0.25, -0.2) is 13.8 Å². The number of alkyl halides is 2. The highest BCUT2D eigenvalue weighted by Crippen LogP contribution is 2.15. The molecule has 0 aromatic carbocycles. The summed E-state index contributed by atoms with van der Waals surface area (Å²) in [5.41, 5.74) is 0.268. The van der Waals surface area contributed by atoms with Crippen LogP contribution in [0, 0.1) is 0 Å². The second-order valence-electron chi connectivity index (χ2n) is 2.60. The fraction of sp³-hybridized carbons (Fsp3) is 0.250. The minimum absolute atomic E-state index is 0.268. The number of nitrogens with one attached hydrogen (secondary N) is 1. The molecule has 0 aliphatic carbocycles. The monoisotopic (exact) mass is 342 g/mol. The highest BCUT2D eigenvalue weighted by atomic mass is 79.9. The number of rotatable bonds is 3. The first-order chi connectivity index (χ1) is 6.99. The Morgan fingerprint density at radius 2 is 1.93 bits per heavy atom. The van der Waals surface area contributed by atoms with Crippen molar-refractivity contribution in [2.24, 2.45) is 0 Å². The molecule has 1 rings (SSSR count). The second kappa shape index (κ2) is 5.50. The summed E-state index contributed by atoms with van der Waals surface area (Å²) in [7, 11) is 0. The highest BCUT2D eigenvalue weighted by molar-refractivity contribution is 9.11. The summed E-state index contributed by atoms with van der Waals surface area (Å²) in [4.78, 5) is 15.3. The van der Waals surface area contributed by atoms with Crippen molar-refractivity contribution in [3.63, 3.8) is 0 Å². The molecule has 1 N–H and O–H groups in total. The Morgan fingerprint density at radius 3 is 2.40 bits per heavy atom. The van der Waals surface area contributed by atoms with Crippen molar-refractivity contribution in [1.29, 1.82) is 0 Å². The van der Waals surface area contributed by atoms with E-state index in [9.17, 15) is 13.6 Å². The van der Waals surface area contributed by atoms with Gasteiger partial charge >= 0.3 is 0 Å². The molecule has 0 spiro atoms. The summed E-state index contributed by atoms with van der Waals surface area (Å²) in [6, 6.07) is 2.90. The Kier molecular flexibility index (Phi) is 4.59. The molecule has 1 amide bonds. The molecule has 0 unspecified atom stereocenters. The first-order valence-corrected chi connectivity index (χ1v) is 5.47. The minimum atomic E-state index is -2.55. The highest BCUT2D eigenvalue weighted by Gasteiger charge is 2.10. The van der Waals surface area contributed by atoms with E-state index in [1.165, 1.54) is 12.1 Å². The zero-order valence-electron chi connectivity index (χ0n) is 7.31. The topological polar surface area (TPSA) is 42.0 Å². The molecule has 0 saturated carbocycles. The van der Waals surface area contributed by atoms with Gasteiger partial charge in [0.15, 0.2) is 0 Å². The normalized spacial score (nSPS) is 10.5. The molecule has 1 aromatic rings. The minimum Gasteiger partial charge on any atom is -0.346 e. The molecule has 1 heterocycles. The Morgan fingerprint density at radius 1 is 1.40 bits per heavy atom. The predicted molar refractivity (Wildman–Crippen MR) is 58.0 cm³/mol. The summed E-state index contributed by atoms with van der Waals surface area (Å²) in [6.07, 6.45) is -2.55. The predicted octanol–water partition coefficient (Wildman–Crippen LogP) is 2.60. The molecule has 0 aliphatic heterocycles.